The molecule has 5 atom stereocenters. The maximum absolute atomic E-state index is 5.74. The summed E-state index contributed by atoms with van der Waals surface area (Å²) in [4.78, 5) is 0. The Morgan fingerprint density at radius 3 is 2.47 bits per heavy atom. The van der Waals surface area contributed by atoms with Gasteiger partial charge in [0, 0.05) is 7.11 Å². The number of hydrogen-bond acceptors (Lipinski definition) is 5. The van der Waals surface area contributed by atoms with E-state index in [0.717, 1.165) is 0 Å². The molecule has 0 aliphatic carbocycles. The Hall–Kier alpha value is -0.200. The van der Waals surface area contributed by atoms with Gasteiger partial charge in [-0.15, -0.1) is 0 Å². The van der Waals surface area contributed by atoms with Crippen molar-refractivity contribution in [2.24, 2.45) is 0 Å². The molecule has 5 heteroatoms. The minimum Gasteiger partial charge on any atom is -0.361 e. The van der Waals surface area contributed by atoms with Crippen LogP contribution in [-0.4, -0.2) is 50.2 Å². The van der Waals surface area contributed by atoms with Crippen LogP contribution in [0, 0.1) is 0 Å². The lowest BCUT2D eigenvalue weighted by atomic mass is 10.1. The summed E-state index contributed by atoms with van der Waals surface area (Å²) in [6.07, 6.45) is -0.131. The number of ether oxygens (including phenoxy) is 5. The van der Waals surface area contributed by atoms with Crippen LogP contribution in [0.1, 0.15) is 13.8 Å². The lowest BCUT2D eigenvalue weighted by molar-refractivity contribution is -0.199. The van der Waals surface area contributed by atoms with Crippen LogP contribution in [0.5, 0.6) is 0 Å². The standard InChI is InChI=1S/C10H16O5/c1-10(2)12-4-5(15-10)6-7-8(13-7)9(11-3)14-6/h5-9H,4H2,1-3H3/t5-,6+,7-,8-,9-/m1/s1. The van der Waals surface area contributed by atoms with Crippen molar-refractivity contribution < 1.29 is 23.7 Å². The largest absolute Gasteiger partial charge is 0.361 e. The molecule has 0 unspecified atom stereocenters. The van der Waals surface area contributed by atoms with E-state index in [4.69, 9.17) is 23.7 Å². The Bertz CT molecular complexity index is 267. The molecule has 3 heterocycles. The normalized spacial score (nSPS) is 51.8. The summed E-state index contributed by atoms with van der Waals surface area (Å²) in [6.45, 7) is 4.36. The molecule has 3 aliphatic rings. The monoisotopic (exact) mass is 216 g/mol. The van der Waals surface area contributed by atoms with Crippen LogP contribution >= 0.6 is 0 Å². The molecular weight excluding hydrogens is 200 g/mol. The molecular formula is C10H16O5. The minimum atomic E-state index is -0.510. The molecule has 0 radical (unpaired) electrons. The van der Waals surface area contributed by atoms with Crippen LogP contribution in [-0.2, 0) is 23.7 Å². The van der Waals surface area contributed by atoms with E-state index in [1.54, 1.807) is 7.11 Å². The van der Waals surface area contributed by atoms with Crippen LogP contribution in [0.15, 0.2) is 0 Å². The summed E-state index contributed by atoms with van der Waals surface area (Å²) in [5.41, 5.74) is 0. The zero-order chi connectivity index (χ0) is 10.6. The molecule has 0 spiro atoms. The van der Waals surface area contributed by atoms with Crippen molar-refractivity contribution in [2.45, 2.75) is 50.3 Å². The average molecular weight is 216 g/mol. The van der Waals surface area contributed by atoms with E-state index in [-0.39, 0.29) is 30.7 Å². The molecule has 15 heavy (non-hydrogen) atoms. The van der Waals surface area contributed by atoms with Crippen molar-refractivity contribution in [1.29, 1.82) is 0 Å². The van der Waals surface area contributed by atoms with Gasteiger partial charge in [-0.3, -0.25) is 0 Å². The fourth-order valence-corrected chi connectivity index (χ4v) is 2.30. The van der Waals surface area contributed by atoms with Gasteiger partial charge in [-0.1, -0.05) is 0 Å². The second kappa shape index (κ2) is 3.15. The molecule has 3 aliphatic heterocycles. The Morgan fingerprint density at radius 2 is 1.93 bits per heavy atom. The molecule has 3 rings (SSSR count). The van der Waals surface area contributed by atoms with E-state index in [2.05, 4.69) is 0 Å². The number of fused-ring (bicyclic) bond motifs is 1. The van der Waals surface area contributed by atoms with Crippen LogP contribution < -0.4 is 0 Å². The molecule has 3 fully saturated rings. The summed E-state index contributed by atoms with van der Waals surface area (Å²) in [5.74, 6) is -0.510. The van der Waals surface area contributed by atoms with Gasteiger partial charge in [0.15, 0.2) is 12.1 Å². The van der Waals surface area contributed by atoms with Crippen molar-refractivity contribution in [2.75, 3.05) is 13.7 Å². The Kier molecular flexibility index (Phi) is 2.10. The second-order valence-electron chi connectivity index (χ2n) is 4.64. The number of rotatable bonds is 2. The highest BCUT2D eigenvalue weighted by molar-refractivity contribution is 5.04. The van der Waals surface area contributed by atoms with Crippen molar-refractivity contribution in [3.8, 4) is 0 Å². The van der Waals surface area contributed by atoms with Gasteiger partial charge >= 0.3 is 0 Å². The zero-order valence-electron chi connectivity index (χ0n) is 9.14. The third-order valence-electron chi connectivity index (χ3n) is 3.07. The van der Waals surface area contributed by atoms with Crippen LogP contribution in [0.25, 0.3) is 0 Å². The number of hydrogen-bond donors (Lipinski definition) is 0. The summed E-state index contributed by atoms with van der Waals surface area (Å²) >= 11 is 0. The quantitative estimate of drug-likeness (QED) is 0.620. The van der Waals surface area contributed by atoms with Gasteiger partial charge in [-0.25, -0.2) is 0 Å². The highest BCUT2D eigenvalue weighted by Gasteiger charge is 2.62. The van der Waals surface area contributed by atoms with Gasteiger partial charge in [0.1, 0.15) is 24.4 Å². The maximum Gasteiger partial charge on any atom is 0.186 e. The third kappa shape index (κ3) is 1.59. The zero-order valence-corrected chi connectivity index (χ0v) is 9.14. The highest BCUT2D eigenvalue weighted by Crippen LogP contribution is 2.43. The first-order chi connectivity index (χ1) is 7.11. The number of epoxide rings is 1. The lowest BCUT2D eigenvalue weighted by Crippen LogP contribution is -2.35. The topological polar surface area (TPSA) is 49.5 Å². The van der Waals surface area contributed by atoms with Crippen molar-refractivity contribution in [1.82, 2.24) is 0 Å². The predicted octanol–water partition coefficient (Wildman–Crippen LogP) is 0.277. The molecule has 0 bridgehead atoms. The molecule has 3 saturated heterocycles. The fourth-order valence-electron chi connectivity index (χ4n) is 2.30. The SMILES string of the molecule is CO[C@@H]1O[C@@H]([C@H]2COC(C)(C)O2)[C@H]2O[C@@H]12. The average Bonchev–Trinajstić information content (AvgIpc) is 2.76. The van der Waals surface area contributed by atoms with Crippen molar-refractivity contribution in [3.63, 3.8) is 0 Å². The van der Waals surface area contributed by atoms with E-state index >= 15 is 0 Å². The third-order valence-corrected chi connectivity index (χ3v) is 3.07. The van der Waals surface area contributed by atoms with Gasteiger partial charge in [0.25, 0.3) is 0 Å². The second-order valence-corrected chi connectivity index (χ2v) is 4.64. The van der Waals surface area contributed by atoms with Crippen molar-refractivity contribution >= 4 is 0 Å². The molecule has 0 aromatic carbocycles. The Morgan fingerprint density at radius 1 is 1.13 bits per heavy atom. The number of methoxy groups -OCH3 is 1. The van der Waals surface area contributed by atoms with Gasteiger partial charge in [0.05, 0.1) is 6.61 Å². The van der Waals surface area contributed by atoms with Crippen molar-refractivity contribution in [3.05, 3.63) is 0 Å². The molecule has 0 N–H and O–H groups in total. The summed E-state index contributed by atoms with van der Waals surface area (Å²) < 4.78 is 27.6. The Labute approximate surface area is 88.6 Å². The first-order valence-corrected chi connectivity index (χ1v) is 5.26. The van der Waals surface area contributed by atoms with E-state index in [1.165, 1.54) is 0 Å². The van der Waals surface area contributed by atoms with E-state index < -0.39 is 5.79 Å². The maximum atomic E-state index is 5.74. The Balaban J connectivity index is 1.65. The van der Waals surface area contributed by atoms with E-state index in [0.29, 0.717) is 6.61 Å². The van der Waals surface area contributed by atoms with Crippen LogP contribution in [0.2, 0.25) is 0 Å². The van der Waals surface area contributed by atoms with Gasteiger partial charge in [-0.2, -0.15) is 0 Å². The molecule has 5 nitrogen and oxygen atoms in total. The van der Waals surface area contributed by atoms with Gasteiger partial charge in [0.2, 0.25) is 0 Å². The molecule has 0 aromatic rings. The summed E-state index contributed by atoms with van der Waals surface area (Å²) in [5, 5.41) is 0. The molecule has 0 aromatic heterocycles. The molecule has 0 saturated carbocycles. The minimum absolute atomic E-state index is 0.0462. The van der Waals surface area contributed by atoms with E-state index in [9.17, 15) is 0 Å². The smallest absolute Gasteiger partial charge is 0.186 e. The van der Waals surface area contributed by atoms with Gasteiger partial charge in [-0.05, 0) is 13.8 Å². The lowest BCUT2D eigenvalue weighted by Gasteiger charge is -2.22. The van der Waals surface area contributed by atoms with Crippen LogP contribution in [0.3, 0.4) is 0 Å². The van der Waals surface area contributed by atoms with E-state index in [1.807, 2.05) is 13.8 Å². The first kappa shape index (κ1) is 9.99. The molecule has 86 valence electrons. The summed E-state index contributed by atoms with van der Waals surface area (Å²) in [7, 11) is 1.63. The highest BCUT2D eigenvalue weighted by atomic mass is 16.8. The molecule has 0 amide bonds. The predicted molar refractivity (Wildman–Crippen MR) is 49.2 cm³/mol. The first-order valence-electron chi connectivity index (χ1n) is 5.26. The fraction of sp³-hybridized carbons (Fsp3) is 1.00. The van der Waals surface area contributed by atoms with Gasteiger partial charge < -0.3 is 23.7 Å². The summed E-state index contributed by atoms with van der Waals surface area (Å²) in [6, 6.07) is 0. The van der Waals surface area contributed by atoms with Crippen LogP contribution in [0.4, 0.5) is 0 Å².